The van der Waals surface area contributed by atoms with E-state index in [0.29, 0.717) is 39.5 Å². The molecule has 5 atom stereocenters. The van der Waals surface area contributed by atoms with Crippen molar-refractivity contribution in [1.82, 2.24) is 14.9 Å². The molecule has 0 spiro atoms. The van der Waals surface area contributed by atoms with Crippen LogP contribution in [0.15, 0.2) is 164 Å². The van der Waals surface area contributed by atoms with E-state index in [4.69, 9.17) is 28.4 Å². The molecular formula is C55H47N3O8. The Kier molecular flexibility index (Phi) is 11.4. The number of amides is 2. The molecule has 0 unspecified atom stereocenters. The van der Waals surface area contributed by atoms with Crippen molar-refractivity contribution in [3.05, 3.63) is 197 Å². The molecule has 11 heteroatoms. The van der Waals surface area contributed by atoms with Gasteiger partial charge in [-0.3, -0.25) is 14.9 Å². The summed E-state index contributed by atoms with van der Waals surface area (Å²) < 4.78 is 43.0. The summed E-state index contributed by atoms with van der Waals surface area (Å²) in [5, 5.41) is 5.55. The molecule has 11 rings (SSSR count). The summed E-state index contributed by atoms with van der Waals surface area (Å²) >= 11 is 0. The highest BCUT2D eigenvalue weighted by Gasteiger charge is 2.50. The number of ether oxygens (including phenoxy) is 6. The van der Waals surface area contributed by atoms with Gasteiger partial charge in [-0.05, 0) is 46.5 Å². The van der Waals surface area contributed by atoms with Gasteiger partial charge in [0.2, 0.25) is 0 Å². The maximum Gasteiger partial charge on any atom is 0.259 e. The standard InChI is InChI=1S/C55H47N3O8/c1-61-38-27-25-37(26-28-38)32-63-50-43(33-62-29-34-15-5-2-6-16-34)66-55(52(65-31-36-19-9-4-10-20-36)51(50)64-30-35-17-7-3-8-18-35)58-42-24-14-12-22-40(42)45-47-46(53(59)57-54(47)60)44-39-21-11-13-23-41(39)56-48(44)49(45)58/h2-28,43,50-52,55-56H,29-33H2,1H3,(H,57,59,60)/t43-,50+,51+,52-,55-/m1/s1. The van der Waals surface area contributed by atoms with Gasteiger partial charge in [-0.1, -0.05) is 140 Å². The second kappa shape index (κ2) is 18.0. The van der Waals surface area contributed by atoms with Gasteiger partial charge in [0.25, 0.3) is 11.8 Å². The first-order valence-electron chi connectivity index (χ1n) is 22.2. The van der Waals surface area contributed by atoms with Gasteiger partial charge in [0.05, 0.1) is 67.8 Å². The van der Waals surface area contributed by atoms with Crippen molar-refractivity contribution >= 4 is 55.4 Å². The lowest BCUT2D eigenvalue weighted by atomic mass is 9.95. The average Bonchev–Trinajstić information content (AvgIpc) is 4.01. The third-order valence-corrected chi connectivity index (χ3v) is 12.7. The first-order chi connectivity index (χ1) is 32.5. The van der Waals surface area contributed by atoms with Crippen LogP contribution in [0.25, 0.3) is 43.6 Å². The predicted molar refractivity (Wildman–Crippen MR) is 252 cm³/mol. The third kappa shape index (κ3) is 7.70. The summed E-state index contributed by atoms with van der Waals surface area (Å²) in [4.78, 5) is 31.6. The van der Waals surface area contributed by atoms with Gasteiger partial charge in [0, 0.05) is 27.1 Å². The Labute approximate surface area is 380 Å². The van der Waals surface area contributed by atoms with Gasteiger partial charge >= 0.3 is 0 Å². The molecule has 9 aromatic rings. The molecule has 2 amide bonds. The fourth-order valence-corrected chi connectivity index (χ4v) is 9.66. The number of carbonyl (C=O) groups excluding carboxylic acids is 2. The van der Waals surface area contributed by atoms with Gasteiger partial charge < -0.3 is 38.0 Å². The van der Waals surface area contributed by atoms with E-state index < -0.39 is 42.5 Å². The number of hydrogen-bond donors (Lipinski definition) is 2. The van der Waals surface area contributed by atoms with Crippen LogP contribution < -0.4 is 10.1 Å². The van der Waals surface area contributed by atoms with E-state index in [9.17, 15) is 9.59 Å². The van der Waals surface area contributed by atoms with Gasteiger partial charge in [-0.25, -0.2) is 0 Å². The van der Waals surface area contributed by atoms with Gasteiger partial charge in [-0.2, -0.15) is 0 Å². The summed E-state index contributed by atoms with van der Waals surface area (Å²) in [7, 11) is 1.65. The van der Waals surface area contributed by atoms with Crippen molar-refractivity contribution < 1.29 is 38.0 Å². The number of H-pyrrole nitrogens is 1. The Morgan fingerprint density at radius 3 is 1.73 bits per heavy atom. The summed E-state index contributed by atoms with van der Waals surface area (Å²) in [6, 6.07) is 53.7. The van der Waals surface area contributed by atoms with Crippen LogP contribution in [0.3, 0.4) is 0 Å². The average molecular weight is 878 g/mol. The number of aromatic nitrogens is 2. The maximum absolute atomic E-state index is 14.1. The van der Waals surface area contributed by atoms with Crippen LogP contribution in [0, 0.1) is 0 Å². The first kappa shape index (κ1) is 41.6. The zero-order chi connectivity index (χ0) is 44.6. The van der Waals surface area contributed by atoms with Crippen LogP contribution in [-0.2, 0) is 50.1 Å². The predicted octanol–water partition coefficient (Wildman–Crippen LogP) is 10.2. The van der Waals surface area contributed by atoms with E-state index in [1.807, 2.05) is 164 Å². The second-order valence-electron chi connectivity index (χ2n) is 16.8. The molecule has 0 bridgehead atoms. The van der Waals surface area contributed by atoms with Crippen molar-refractivity contribution in [2.75, 3.05) is 13.7 Å². The molecule has 1 fully saturated rings. The van der Waals surface area contributed by atoms with Crippen LogP contribution in [0.2, 0.25) is 0 Å². The minimum atomic E-state index is -0.879. The van der Waals surface area contributed by atoms with E-state index in [1.165, 1.54) is 0 Å². The molecule has 2 aliphatic rings. The number of imide groups is 1. The van der Waals surface area contributed by atoms with Gasteiger partial charge in [-0.15, -0.1) is 0 Å². The highest BCUT2D eigenvalue weighted by atomic mass is 16.6. The summed E-state index contributed by atoms with van der Waals surface area (Å²) in [6.45, 7) is 1.25. The Bertz CT molecular complexity index is 3190. The van der Waals surface area contributed by atoms with Crippen LogP contribution in [0.1, 0.15) is 49.2 Å². The molecule has 0 saturated carbocycles. The molecule has 66 heavy (non-hydrogen) atoms. The number of aromatic amines is 1. The number of methoxy groups -OCH3 is 1. The lowest BCUT2D eigenvalue weighted by Gasteiger charge is -2.47. The molecule has 2 aromatic heterocycles. The fourth-order valence-electron chi connectivity index (χ4n) is 9.66. The summed E-state index contributed by atoms with van der Waals surface area (Å²) in [5.74, 6) is -0.126. The second-order valence-corrected chi connectivity index (χ2v) is 16.8. The maximum atomic E-state index is 14.1. The number of carbonyl (C=O) groups is 2. The smallest absolute Gasteiger partial charge is 0.259 e. The molecule has 1 saturated heterocycles. The SMILES string of the molecule is COc1ccc(CO[C@@H]2[C@H](OCc3ccccc3)[C@@H](OCc3ccccc3)[C@H](n3c4ccccc4c4c5c(c6c7ccccc7[nH]c6c43)C(=O)NC5=O)O[C@@H]2COCc2ccccc2)cc1. The zero-order valence-electron chi connectivity index (χ0n) is 36.2. The van der Waals surface area contributed by atoms with Crippen molar-refractivity contribution in [2.24, 2.45) is 0 Å². The third-order valence-electron chi connectivity index (χ3n) is 12.7. The molecule has 2 aliphatic heterocycles. The Balaban J connectivity index is 1.12. The van der Waals surface area contributed by atoms with Crippen molar-refractivity contribution in [3.8, 4) is 5.75 Å². The van der Waals surface area contributed by atoms with Crippen LogP contribution in [0.4, 0.5) is 0 Å². The van der Waals surface area contributed by atoms with Crippen LogP contribution in [0.5, 0.6) is 5.75 Å². The van der Waals surface area contributed by atoms with Crippen molar-refractivity contribution in [3.63, 3.8) is 0 Å². The Hall–Kier alpha value is -7.12. The minimum Gasteiger partial charge on any atom is -0.497 e. The largest absolute Gasteiger partial charge is 0.497 e. The van der Waals surface area contributed by atoms with Crippen LogP contribution in [-0.4, -0.2) is 59.5 Å². The Morgan fingerprint density at radius 2 is 1.08 bits per heavy atom. The molecule has 0 aliphatic carbocycles. The molecular weight excluding hydrogens is 831 g/mol. The van der Waals surface area contributed by atoms with Crippen LogP contribution >= 0.6 is 0 Å². The zero-order valence-corrected chi connectivity index (χ0v) is 36.2. The lowest BCUT2D eigenvalue weighted by Crippen LogP contribution is -2.59. The molecule has 330 valence electrons. The van der Waals surface area contributed by atoms with E-state index in [1.54, 1.807) is 7.11 Å². The van der Waals surface area contributed by atoms with Crippen molar-refractivity contribution in [2.45, 2.75) is 57.1 Å². The monoisotopic (exact) mass is 877 g/mol. The van der Waals surface area contributed by atoms with E-state index in [-0.39, 0.29) is 26.4 Å². The van der Waals surface area contributed by atoms with Gasteiger partial charge in [0.15, 0.2) is 6.23 Å². The number of para-hydroxylation sites is 2. The molecule has 7 aromatic carbocycles. The highest BCUT2D eigenvalue weighted by molar-refractivity contribution is 6.39. The highest BCUT2D eigenvalue weighted by Crippen LogP contribution is 2.47. The molecule has 11 nitrogen and oxygen atoms in total. The number of rotatable bonds is 15. The first-order valence-corrected chi connectivity index (χ1v) is 22.2. The fraction of sp³-hybridized carbons (Fsp3) is 0.200. The summed E-state index contributed by atoms with van der Waals surface area (Å²) in [5.41, 5.74) is 7.62. The number of benzene rings is 7. The number of fused-ring (bicyclic) bond motifs is 10. The summed E-state index contributed by atoms with van der Waals surface area (Å²) in [6.07, 6.45) is -3.80. The number of hydrogen-bond acceptors (Lipinski definition) is 8. The van der Waals surface area contributed by atoms with E-state index in [2.05, 4.69) is 14.9 Å². The number of nitrogens with one attached hydrogen (secondary N) is 2. The molecule has 0 radical (unpaired) electrons. The van der Waals surface area contributed by atoms with Gasteiger partial charge in [0.1, 0.15) is 30.2 Å². The number of nitrogens with zero attached hydrogens (tertiary/aromatic N) is 1. The Morgan fingerprint density at radius 1 is 0.545 bits per heavy atom. The topological polar surface area (TPSA) is 122 Å². The van der Waals surface area contributed by atoms with E-state index >= 15 is 0 Å². The minimum absolute atomic E-state index is 0.153. The quantitative estimate of drug-likeness (QED) is 0.0977. The normalized spacial score (nSPS) is 19.5. The lowest BCUT2D eigenvalue weighted by molar-refractivity contribution is -0.288. The molecule has 2 N–H and O–H groups in total. The van der Waals surface area contributed by atoms with E-state index in [0.717, 1.165) is 49.8 Å². The van der Waals surface area contributed by atoms with Crippen molar-refractivity contribution in [1.29, 1.82) is 0 Å². The molecule has 4 heterocycles.